The van der Waals surface area contributed by atoms with E-state index in [1.165, 1.54) is 0 Å². The van der Waals surface area contributed by atoms with Crippen LogP contribution < -0.4 is 4.72 Å². The number of rotatable bonds is 6. The number of nitrogens with one attached hydrogen (secondary N) is 1. The molecule has 2 rings (SSSR count). The van der Waals surface area contributed by atoms with Gasteiger partial charge in [-0.3, -0.25) is 4.90 Å². The maximum Gasteiger partial charge on any atom is 0.416 e. The van der Waals surface area contributed by atoms with E-state index >= 15 is 0 Å². The molecule has 9 heteroatoms. The fourth-order valence-electron chi connectivity index (χ4n) is 3.10. The molecule has 1 aromatic carbocycles. The van der Waals surface area contributed by atoms with Gasteiger partial charge in [0.15, 0.2) is 0 Å². The molecule has 0 saturated carbocycles. The van der Waals surface area contributed by atoms with Gasteiger partial charge in [-0.05, 0) is 37.5 Å². The van der Waals surface area contributed by atoms with Crippen molar-refractivity contribution in [1.82, 2.24) is 9.62 Å². The maximum atomic E-state index is 12.7. The number of hydrogen-bond donors (Lipinski definition) is 2. The smallest absolute Gasteiger partial charge is 0.390 e. The minimum Gasteiger partial charge on any atom is -0.390 e. The highest BCUT2D eigenvalue weighted by Crippen LogP contribution is 2.30. The van der Waals surface area contributed by atoms with Gasteiger partial charge in [0.05, 0.1) is 16.6 Å². The van der Waals surface area contributed by atoms with Gasteiger partial charge < -0.3 is 5.11 Å². The standard InChI is InChI=1S/C16H23F3N2O3S/c1-11-6-12(2)21(9-11)10-14(22)8-20-25(23,24)15-5-3-4-13(7-15)16(17,18)19/h3-5,7,11-12,14,20,22H,6,8-10H2,1-2H3/t11?,12?,14-/m1/s1. The Kier molecular flexibility index (Phi) is 6.13. The van der Waals surface area contributed by atoms with Crippen LogP contribution in [-0.4, -0.2) is 50.2 Å². The summed E-state index contributed by atoms with van der Waals surface area (Å²) in [4.78, 5) is 1.60. The first-order chi connectivity index (χ1) is 11.5. The Morgan fingerprint density at radius 1 is 1.36 bits per heavy atom. The van der Waals surface area contributed by atoms with Crippen LogP contribution in [0.1, 0.15) is 25.8 Å². The van der Waals surface area contributed by atoms with E-state index in [9.17, 15) is 26.7 Å². The Balaban J connectivity index is 1.97. The van der Waals surface area contributed by atoms with Crippen molar-refractivity contribution >= 4 is 10.0 Å². The van der Waals surface area contributed by atoms with Crippen LogP contribution in [-0.2, 0) is 16.2 Å². The SMILES string of the molecule is CC1CC(C)N(C[C@H](O)CNS(=O)(=O)c2cccc(C(F)(F)F)c2)C1. The van der Waals surface area contributed by atoms with Gasteiger partial charge in [0, 0.05) is 25.7 Å². The number of alkyl halides is 3. The lowest BCUT2D eigenvalue weighted by Crippen LogP contribution is -2.41. The van der Waals surface area contributed by atoms with Gasteiger partial charge in [0.1, 0.15) is 0 Å². The Labute approximate surface area is 145 Å². The first kappa shape index (κ1) is 20.2. The molecule has 2 unspecified atom stereocenters. The van der Waals surface area contributed by atoms with Crippen LogP contribution >= 0.6 is 0 Å². The lowest BCUT2D eigenvalue weighted by atomic mass is 10.1. The molecule has 142 valence electrons. The zero-order valence-corrected chi connectivity index (χ0v) is 14.9. The molecule has 2 N–H and O–H groups in total. The number of sulfonamides is 1. The largest absolute Gasteiger partial charge is 0.416 e. The van der Waals surface area contributed by atoms with Gasteiger partial charge in [0.25, 0.3) is 0 Å². The molecule has 0 aromatic heterocycles. The third-order valence-electron chi connectivity index (χ3n) is 4.34. The molecule has 0 amide bonds. The van der Waals surface area contributed by atoms with E-state index < -0.39 is 32.8 Å². The van der Waals surface area contributed by atoms with Gasteiger partial charge >= 0.3 is 6.18 Å². The molecular formula is C16H23F3N2O3S. The zero-order chi connectivity index (χ0) is 18.8. The lowest BCUT2D eigenvalue weighted by Gasteiger charge is -2.24. The van der Waals surface area contributed by atoms with Crippen molar-refractivity contribution in [2.24, 2.45) is 5.92 Å². The highest BCUT2D eigenvalue weighted by atomic mass is 32.2. The van der Waals surface area contributed by atoms with E-state index in [-0.39, 0.29) is 6.54 Å². The Morgan fingerprint density at radius 3 is 2.60 bits per heavy atom. The molecule has 0 aliphatic carbocycles. The average Bonchev–Trinajstić information content (AvgIpc) is 2.82. The predicted octanol–water partition coefficient (Wildman–Crippen LogP) is 2.07. The fourth-order valence-corrected chi connectivity index (χ4v) is 4.22. The molecule has 1 fully saturated rings. The Morgan fingerprint density at radius 2 is 2.04 bits per heavy atom. The van der Waals surface area contributed by atoms with Crippen molar-refractivity contribution in [3.63, 3.8) is 0 Å². The molecular weight excluding hydrogens is 357 g/mol. The second kappa shape index (κ2) is 7.61. The molecule has 1 aromatic rings. The molecule has 3 atom stereocenters. The lowest BCUT2D eigenvalue weighted by molar-refractivity contribution is -0.137. The second-order valence-electron chi connectivity index (χ2n) is 6.68. The van der Waals surface area contributed by atoms with E-state index in [0.29, 0.717) is 24.6 Å². The predicted molar refractivity (Wildman–Crippen MR) is 87.5 cm³/mol. The van der Waals surface area contributed by atoms with Gasteiger partial charge in [-0.25, -0.2) is 13.1 Å². The van der Waals surface area contributed by atoms with E-state index in [1.54, 1.807) is 0 Å². The highest BCUT2D eigenvalue weighted by Gasteiger charge is 2.32. The summed E-state index contributed by atoms with van der Waals surface area (Å²) in [7, 11) is -4.12. The molecule has 25 heavy (non-hydrogen) atoms. The van der Waals surface area contributed by atoms with E-state index in [2.05, 4.69) is 16.5 Å². The van der Waals surface area contributed by atoms with E-state index in [4.69, 9.17) is 0 Å². The monoisotopic (exact) mass is 380 g/mol. The maximum absolute atomic E-state index is 12.7. The Bertz CT molecular complexity index is 694. The van der Waals surface area contributed by atoms with Gasteiger partial charge in [-0.2, -0.15) is 13.2 Å². The second-order valence-corrected chi connectivity index (χ2v) is 8.44. The van der Waals surface area contributed by atoms with E-state index in [0.717, 1.165) is 31.2 Å². The molecule has 1 heterocycles. The number of hydrogen-bond acceptors (Lipinski definition) is 4. The molecule has 1 aliphatic rings. The van der Waals surface area contributed by atoms with Gasteiger partial charge in [0.2, 0.25) is 10.0 Å². The highest BCUT2D eigenvalue weighted by molar-refractivity contribution is 7.89. The van der Waals surface area contributed by atoms with Crippen molar-refractivity contribution in [1.29, 1.82) is 0 Å². The van der Waals surface area contributed by atoms with Crippen molar-refractivity contribution in [2.45, 2.75) is 43.5 Å². The molecule has 0 spiro atoms. The quantitative estimate of drug-likeness (QED) is 0.793. The Hall–Kier alpha value is -1.16. The average molecular weight is 380 g/mol. The summed E-state index contributed by atoms with van der Waals surface area (Å²) in [6, 6.07) is 3.84. The van der Waals surface area contributed by atoms with E-state index in [1.807, 2.05) is 6.92 Å². The number of aliphatic hydroxyl groups is 1. The van der Waals surface area contributed by atoms with Crippen LogP contribution in [0.4, 0.5) is 13.2 Å². The number of β-amino-alcohol motifs (C(OH)–C–C–N with tert-alkyl or cyclic N) is 1. The fraction of sp³-hybridized carbons (Fsp3) is 0.625. The summed E-state index contributed by atoms with van der Waals surface area (Å²) < 4.78 is 64.6. The van der Waals surface area contributed by atoms with Gasteiger partial charge in [-0.1, -0.05) is 13.0 Å². The van der Waals surface area contributed by atoms with Crippen LogP contribution in [0.15, 0.2) is 29.2 Å². The number of aliphatic hydroxyl groups excluding tert-OH is 1. The first-order valence-electron chi connectivity index (χ1n) is 8.08. The number of likely N-dealkylation sites (tertiary alicyclic amines) is 1. The summed E-state index contributed by atoms with van der Waals surface area (Å²) in [5.41, 5.74) is -1.03. The van der Waals surface area contributed by atoms with Crippen LogP contribution in [0.5, 0.6) is 0 Å². The summed E-state index contributed by atoms with van der Waals surface area (Å²) in [6.45, 7) is 5.05. The molecule has 0 bridgehead atoms. The van der Waals surface area contributed by atoms with Crippen LogP contribution in [0, 0.1) is 5.92 Å². The third kappa shape index (κ3) is 5.40. The van der Waals surface area contributed by atoms with Crippen molar-refractivity contribution in [2.75, 3.05) is 19.6 Å². The summed E-state index contributed by atoms with van der Waals surface area (Å²) in [6.07, 6.45) is -4.54. The number of benzene rings is 1. The summed E-state index contributed by atoms with van der Waals surface area (Å²) in [5, 5.41) is 10.1. The van der Waals surface area contributed by atoms with Crippen LogP contribution in [0.3, 0.4) is 0 Å². The van der Waals surface area contributed by atoms with Crippen molar-refractivity contribution in [3.8, 4) is 0 Å². The topological polar surface area (TPSA) is 69.6 Å². The summed E-state index contributed by atoms with van der Waals surface area (Å²) >= 11 is 0. The normalized spacial score (nSPS) is 23.8. The number of halogens is 3. The summed E-state index contributed by atoms with van der Waals surface area (Å²) in [5.74, 6) is 0.518. The van der Waals surface area contributed by atoms with Crippen LogP contribution in [0.25, 0.3) is 0 Å². The minimum absolute atomic E-state index is 0.254. The molecule has 0 radical (unpaired) electrons. The minimum atomic E-state index is -4.62. The first-order valence-corrected chi connectivity index (χ1v) is 9.56. The molecule has 1 aliphatic heterocycles. The van der Waals surface area contributed by atoms with Crippen molar-refractivity contribution < 1.29 is 26.7 Å². The molecule has 1 saturated heterocycles. The van der Waals surface area contributed by atoms with Gasteiger partial charge in [-0.15, -0.1) is 0 Å². The van der Waals surface area contributed by atoms with Crippen molar-refractivity contribution in [3.05, 3.63) is 29.8 Å². The molecule has 5 nitrogen and oxygen atoms in total. The third-order valence-corrected chi connectivity index (χ3v) is 5.76. The van der Waals surface area contributed by atoms with Crippen LogP contribution in [0.2, 0.25) is 0 Å². The zero-order valence-electron chi connectivity index (χ0n) is 14.1. The number of nitrogens with zero attached hydrogens (tertiary/aromatic N) is 1.